The number of rotatable bonds is 7. The van der Waals surface area contributed by atoms with Gasteiger partial charge >= 0.3 is 5.97 Å². The Morgan fingerprint density at radius 1 is 1.28 bits per heavy atom. The van der Waals surface area contributed by atoms with Crippen LogP contribution in [0, 0.1) is 5.92 Å². The maximum atomic E-state index is 10.9. The van der Waals surface area contributed by atoms with E-state index in [9.17, 15) is 4.79 Å². The van der Waals surface area contributed by atoms with Gasteiger partial charge in [0.15, 0.2) is 6.10 Å². The van der Waals surface area contributed by atoms with Gasteiger partial charge < -0.3 is 14.7 Å². The summed E-state index contributed by atoms with van der Waals surface area (Å²) in [5, 5.41) is 13.8. The molecule has 1 saturated heterocycles. The number of carboxylic acid groups (broad SMARTS) is 1. The summed E-state index contributed by atoms with van der Waals surface area (Å²) in [6.45, 7) is 4.49. The Bertz CT molecular complexity index is 923. The summed E-state index contributed by atoms with van der Waals surface area (Å²) in [6.07, 6.45) is 0.516. The predicted molar refractivity (Wildman–Crippen MR) is 110 cm³/mol. The van der Waals surface area contributed by atoms with Crippen LogP contribution in [0.4, 0.5) is 0 Å². The number of carbonyl (C=O) groups is 1. The van der Waals surface area contributed by atoms with Gasteiger partial charge in [0, 0.05) is 26.1 Å². The minimum absolute atomic E-state index is 0.160. The minimum Gasteiger partial charge on any atom is -0.492 e. The Morgan fingerprint density at radius 2 is 2.03 bits per heavy atom. The van der Waals surface area contributed by atoms with Crippen molar-refractivity contribution < 1.29 is 19.5 Å². The zero-order valence-corrected chi connectivity index (χ0v) is 16.9. The number of benzene rings is 2. The van der Waals surface area contributed by atoms with Crippen molar-refractivity contribution in [2.45, 2.75) is 26.0 Å². The highest BCUT2D eigenvalue weighted by Crippen LogP contribution is 2.34. The number of nitrogens with zero attached hydrogens (tertiary/aromatic N) is 2. The van der Waals surface area contributed by atoms with Crippen LogP contribution in [0.5, 0.6) is 5.75 Å². The third-order valence-corrected chi connectivity index (χ3v) is 5.59. The third kappa shape index (κ3) is 4.38. The summed E-state index contributed by atoms with van der Waals surface area (Å²) in [7, 11) is 0. The van der Waals surface area contributed by atoms with E-state index in [0.717, 1.165) is 28.9 Å². The Hall–Kier alpha value is -2.57. The van der Waals surface area contributed by atoms with Gasteiger partial charge in [0.25, 0.3) is 0 Å². The highest BCUT2D eigenvalue weighted by molar-refractivity contribution is 6.32. The molecule has 1 unspecified atom stereocenters. The molecule has 1 fully saturated rings. The quantitative estimate of drug-likeness (QED) is 0.737. The lowest BCUT2D eigenvalue weighted by Gasteiger charge is -2.36. The Labute approximate surface area is 174 Å². The van der Waals surface area contributed by atoms with E-state index in [1.807, 2.05) is 37.3 Å². The van der Waals surface area contributed by atoms with Crippen LogP contribution in [-0.4, -0.2) is 41.4 Å². The zero-order valence-electron chi connectivity index (χ0n) is 16.2. The van der Waals surface area contributed by atoms with Gasteiger partial charge in [0.05, 0.1) is 23.3 Å². The number of hydrogen-bond donors (Lipinski definition) is 1. The van der Waals surface area contributed by atoms with Gasteiger partial charge in [0.1, 0.15) is 5.75 Å². The van der Waals surface area contributed by atoms with Crippen molar-refractivity contribution in [2.75, 3.05) is 19.7 Å². The number of oxime groups is 1. The molecule has 0 amide bonds. The second kappa shape index (κ2) is 8.43. The summed E-state index contributed by atoms with van der Waals surface area (Å²) in [5.41, 5.74) is 4.06. The molecule has 7 heteroatoms. The maximum Gasteiger partial charge on any atom is 0.309 e. The van der Waals surface area contributed by atoms with Crippen LogP contribution in [-0.2, 0) is 16.2 Å². The number of carboxylic acids is 1. The van der Waals surface area contributed by atoms with Crippen molar-refractivity contribution >= 4 is 23.3 Å². The molecule has 0 bridgehead atoms. The molecule has 0 aromatic heterocycles. The Balaban J connectivity index is 1.34. The lowest BCUT2D eigenvalue weighted by Crippen LogP contribution is -2.49. The first-order valence-corrected chi connectivity index (χ1v) is 10.1. The standard InChI is InChI=1S/C22H23ClN2O4/c1-2-28-20-8-7-16(9-18(20)23)21-10-19(24-29-21)15-5-3-14(4-6-15)11-25-12-17(13-25)22(26)27/h3-9,17,21H,2,10-13H2,1H3,(H,26,27). The van der Waals surface area contributed by atoms with Gasteiger partial charge in [-0.25, -0.2) is 0 Å². The molecular weight excluding hydrogens is 392 g/mol. The first-order chi connectivity index (χ1) is 14.0. The van der Waals surface area contributed by atoms with Crippen molar-refractivity contribution in [3.8, 4) is 5.75 Å². The van der Waals surface area contributed by atoms with Gasteiger partial charge in [-0.05, 0) is 35.7 Å². The van der Waals surface area contributed by atoms with Crippen LogP contribution in [0.2, 0.25) is 5.02 Å². The normalized spacial score (nSPS) is 19.4. The van der Waals surface area contributed by atoms with E-state index >= 15 is 0 Å². The molecule has 4 rings (SSSR count). The smallest absolute Gasteiger partial charge is 0.309 e. The SMILES string of the molecule is CCOc1ccc(C2CC(c3ccc(CN4CC(C(=O)O)C4)cc3)=NO2)cc1Cl. The van der Waals surface area contributed by atoms with E-state index in [-0.39, 0.29) is 12.0 Å². The second-order valence-corrected chi connectivity index (χ2v) is 7.79. The van der Waals surface area contributed by atoms with E-state index < -0.39 is 5.97 Å². The lowest BCUT2D eigenvalue weighted by atomic mass is 9.98. The summed E-state index contributed by atoms with van der Waals surface area (Å²) < 4.78 is 5.48. The van der Waals surface area contributed by atoms with Gasteiger partial charge in [0.2, 0.25) is 0 Å². The lowest BCUT2D eigenvalue weighted by molar-refractivity contribution is -0.147. The van der Waals surface area contributed by atoms with E-state index in [0.29, 0.717) is 36.9 Å². The third-order valence-electron chi connectivity index (χ3n) is 5.30. The summed E-state index contributed by atoms with van der Waals surface area (Å²) in [6, 6.07) is 13.9. The first-order valence-electron chi connectivity index (χ1n) is 9.73. The largest absolute Gasteiger partial charge is 0.492 e. The molecule has 0 aliphatic carbocycles. The average Bonchev–Trinajstić information content (AvgIpc) is 3.16. The molecule has 6 nitrogen and oxygen atoms in total. The predicted octanol–water partition coefficient (Wildman–Crippen LogP) is 4.12. The van der Waals surface area contributed by atoms with Crippen molar-refractivity contribution in [2.24, 2.45) is 11.1 Å². The van der Waals surface area contributed by atoms with Crippen molar-refractivity contribution in [1.82, 2.24) is 4.90 Å². The summed E-state index contributed by atoms with van der Waals surface area (Å²) in [5.74, 6) is -0.268. The Morgan fingerprint density at radius 3 is 2.69 bits per heavy atom. The van der Waals surface area contributed by atoms with E-state index in [4.69, 9.17) is 26.3 Å². The average molecular weight is 415 g/mol. The molecule has 152 valence electrons. The molecule has 0 saturated carbocycles. The fourth-order valence-electron chi connectivity index (χ4n) is 3.63. The van der Waals surface area contributed by atoms with Crippen LogP contribution < -0.4 is 4.74 Å². The topological polar surface area (TPSA) is 71.4 Å². The van der Waals surface area contributed by atoms with Crippen molar-refractivity contribution in [3.05, 3.63) is 64.2 Å². The van der Waals surface area contributed by atoms with Crippen LogP contribution in [0.25, 0.3) is 0 Å². The first kappa shape index (κ1) is 19.7. The molecule has 0 radical (unpaired) electrons. The molecule has 2 aromatic rings. The summed E-state index contributed by atoms with van der Waals surface area (Å²) >= 11 is 6.29. The fourth-order valence-corrected chi connectivity index (χ4v) is 3.88. The van der Waals surface area contributed by atoms with Crippen LogP contribution in [0.1, 0.15) is 36.1 Å². The van der Waals surface area contributed by atoms with Gasteiger partial charge in [-0.15, -0.1) is 0 Å². The number of hydrogen-bond acceptors (Lipinski definition) is 5. The van der Waals surface area contributed by atoms with Crippen molar-refractivity contribution in [1.29, 1.82) is 0 Å². The highest BCUT2D eigenvalue weighted by Gasteiger charge is 2.32. The summed E-state index contributed by atoms with van der Waals surface area (Å²) in [4.78, 5) is 18.7. The molecule has 2 aliphatic rings. The molecule has 2 aliphatic heterocycles. The number of ether oxygens (including phenoxy) is 1. The Kier molecular flexibility index (Phi) is 5.74. The molecule has 0 spiro atoms. The minimum atomic E-state index is -0.709. The van der Waals surface area contributed by atoms with Crippen LogP contribution in [0.3, 0.4) is 0 Å². The molecular formula is C22H23ClN2O4. The van der Waals surface area contributed by atoms with E-state index in [1.54, 1.807) is 0 Å². The van der Waals surface area contributed by atoms with E-state index in [1.165, 1.54) is 0 Å². The molecule has 1 atom stereocenters. The number of likely N-dealkylation sites (tertiary alicyclic amines) is 1. The van der Waals surface area contributed by atoms with Crippen LogP contribution in [0.15, 0.2) is 47.6 Å². The molecule has 1 N–H and O–H groups in total. The van der Waals surface area contributed by atoms with Gasteiger partial charge in [-0.3, -0.25) is 9.69 Å². The second-order valence-electron chi connectivity index (χ2n) is 7.39. The highest BCUT2D eigenvalue weighted by atomic mass is 35.5. The van der Waals surface area contributed by atoms with Gasteiger partial charge in [-0.1, -0.05) is 47.1 Å². The van der Waals surface area contributed by atoms with E-state index in [2.05, 4.69) is 22.2 Å². The molecule has 2 aromatic carbocycles. The number of aliphatic carboxylic acids is 1. The molecule has 2 heterocycles. The van der Waals surface area contributed by atoms with Gasteiger partial charge in [-0.2, -0.15) is 0 Å². The fraction of sp³-hybridized carbons (Fsp3) is 0.364. The maximum absolute atomic E-state index is 10.9. The van der Waals surface area contributed by atoms with Crippen LogP contribution >= 0.6 is 11.6 Å². The van der Waals surface area contributed by atoms with Crippen molar-refractivity contribution in [3.63, 3.8) is 0 Å². The number of halogens is 1. The zero-order chi connectivity index (χ0) is 20.4. The monoisotopic (exact) mass is 414 g/mol. The molecule has 29 heavy (non-hydrogen) atoms.